The van der Waals surface area contributed by atoms with Gasteiger partial charge in [0.15, 0.2) is 11.5 Å². The minimum atomic E-state index is -1.05. The molecule has 0 radical (unpaired) electrons. The number of carboxylic acid groups (broad SMARTS) is 1. The number of rotatable bonds is 4. The molecule has 2 aromatic rings. The van der Waals surface area contributed by atoms with Crippen LogP contribution in [-0.2, 0) is 6.42 Å². The predicted octanol–water partition coefficient (Wildman–Crippen LogP) is 2.05. The van der Waals surface area contributed by atoms with Crippen LogP contribution in [0.25, 0.3) is 5.82 Å². The van der Waals surface area contributed by atoms with Gasteiger partial charge in [-0.25, -0.2) is 19.4 Å². The van der Waals surface area contributed by atoms with Gasteiger partial charge in [-0.2, -0.15) is 5.10 Å². The summed E-state index contributed by atoms with van der Waals surface area (Å²) in [5, 5.41) is 12.9. The Bertz CT molecular complexity index is 604. The van der Waals surface area contributed by atoms with Crippen LogP contribution >= 0.6 is 0 Å². The first-order chi connectivity index (χ1) is 9.01. The summed E-state index contributed by atoms with van der Waals surface area (Å²) in [6, 6.07) is 3.27. The molecular formula is C13H16N4O2. The average molecular weight is 260 g/mol. The van der Waals surface area contributed by atoms with E-state index in [9.17, 15) is 4.79 Å². The van der Waals surface area contributed by atoms with Gasteiger partial charge in [-0.1, -0.05) is 20.8 Å². The molecule has 0 aliphatic heterocycles. The van der Waals surface area contributed by atoms with Crippen LogP contribution in [0.4, 0.5) is 0 Å². The number of aromatic carboxylic acids is 1. The lowest BCUT2D eigenvalue weighted by Gasteiger charge is -2.09. The maximum Gasteiger partial charge on any atom is 0.356 e. The quantitative estimate of drug-likeness (QED) is 0.909. The number of hydrogen-bond donors (Lipinski definition) is 1. The van der Waals surface area contributed by atoms with Crippen molar-refractivity contribution in [2.24, 2.45) is 0 Å². The van der Waals surface area contributed by atoms with Gasteiger partial charge < -0.3 is 5.11 Å². The second-order valence-electron chi connectivity index (χ2n) is 4.53. The number of nitrogens with zero attached hydrogens (tertiary/aromatic N) is 4. The van der Waals surface area contributed by atoms with Crippen LogP contribution in [0.15, 0.2) is 18.3 Å². The summed E-state index contributed by atoms with van der Waals surface area (Å²) in [6.45, 7) is 6.05. The third kappa shape index (κ3) is 2.78. The summed E-state index contributed by atoms with van der Waals surface area (Å²) in [7, 11) is 0. The molecule has 100 valence electrons. The summed E-state index contributed by atoms with van der Waals surface area (Å²) in [5.41, 5.74) is 0.920. The normalized spacial score (nSPS) is 10.9. The predicted molar refractivity (Wildman–Crippen MR) is 69.6 cm³/mol. The second kappa shape index (κ2) is 5.17. The maximum absolute atomic E-state index is 10.8. The van der Waals surface area contributed by atoms with E-state index in [-0.39, 0.29) is 11.6 Å². The molecule has 0 atom stereocenters. The molecule has 0 aromatic carbocycles. The average Bonchev–Trinajstić information content (AvgIpc) is 2.87. The van der Waals surface area contributed by atoms with E-state index in [0.29, 0.717) is 5.82 Å². The molecule has 0 fully saturated rings. The number of aromatic nitrogens is 4. The Kier molecular flexibility index (Phi) is 3.59. The van der Waals surface area contributed by atoms with E-state index in [1.54, 1.807) is 6.20 Å². The highest BCUT2D eigenvalue weighted by molar-refractivity contribution is 5.85. The highest BCUT2D eigenvalue weighted by atomic mass is 16.4. The summed E-state index contributed by atoms with van der Waals surface area (Å²) < 4.78 is 1.47. The molecule has 0 amide bonds. The molecule has 0 saturated carbocycles. The van der Waals surface area contributed by atoms with E-state index in [1.807, 2.05) is 26.8 Å². The van der Waals surface area contributed by atoms with E-state index in [1.165, 1.54) is 10.7 Å². The topological polar surface area (TPSA) is 80.9 Å². The fourth-order valence-electron chi connectivity index (χ4n) is 1.63. The zero-order valence-electron chi connectivity index (χ0n) is 11.2. The molecule has 0 unspecified atom stereocenters. The van der Waals surface area contributed by atoms with Crippen LogP contribution in [0, 0.1) is 0 Å². The van der Waals surface area contributed by atoms with Crippen LogP contribution in [0.5, 0.6) is 0 Å². The van der Waals surface area contributed by atoms with Crippen LogP contribution in [0.1, 0.15) is 48.7 Å². The second-order valence-corrected chi connectivity index (χ2v) is 4.53. The van der Waals surface area contributed by atoms with Gasteiger partial charge in [0.25, 0.3) is 0 Å². The minimum Gasteiger partial charge on any atom is -0.476 e. The summed E-state index contributed by atoms with van der Waals surface area (Å²) in [6.07, 6.45) is 2.39. The van der Waals surface area contributed by atoms with Gasteiger partial charge in [0.05, 0.1) is 0 Å². The lowest BCUT2D eigenvalue weighted by Crippen LogP contribution is -2.08. The highest BCUT2D eigenvalue weighted by Gasteiger charge is 2.12. The lowest BCUT2D eigenvalue weighted by atomic mass is 10.2. The van der Waals surface area contributed by atoms with E-state index in [0.717, 1.165) is 17.9 Å². The molecule has 0 aliphatic carbocycles. The molecule has 6 nitrogen and oxygen atoms in total. The largest absolute Gasteiger partial charge is 0.476 e. The van der Waals surface area contributed by atoms with Gasteiger partial charge in [0, 0.05) is 23.9 Å². The zero-order chi connectivity index (χ0) is 14.0. The summed E-state index contributed by atoms with van der Waals surface area (Å²) >= 11 is 0. The van der Waals surface area contributed by atoms with E-state index in [2.05, 4.69) is 15.1 Å². The van der Waals surface area contributed by atoms with Crippen molar-refractivity contribution in [1.29, 1.82) is 0 Å². The molecule has 0 spiro atoms. The van der Waals surface area contributed by atoms with E-state index >= 15 is 0 Å². The number of aryl methyl sites for hydroxylation is 1. The minimum absolute atomic E-state index is 0.00255. The van der Waals surface area contributed by atoms with Crippen molar-refractivity contribution in [2.75, 3.05) is 0 Å². The molecule has 6 heteroatoms. The first-order valence-corrected chi connectivity index (χ1v) is 6.18. The molecule has 1 N–H and O–H groups in total. The molecule has 0 aliphatic rings. The highest BCUT2D eigenvalue weighted by Crippen LogP contribution is 2.14. The zero-order valence-corrected chi connectivity index (χ0v) is 11.2. The molecule has 2 heterocycles. The number of hydrogen-bond acceptors (Lipinski definition) is 4. The van der Waals surface area contributed by atoms with Gasteiger partial charge >= 0.3 is 5.97 Å². The van der Waals surface area contributed by atoms with Crippen molar-refractivity contribution in [1.82, 2.24) is 19.7 Å². The molecule has 0 bridgehead atoms. The van der Waals surface area contributed by atoms with Crippen molar-refractivity contribution >= 4 is 5.97 Å². The van der Waals surface area contributed by atoms with Crippen molar-refractivity contribution in [2.45, 2.75) is 33.1 Å². The molecule has 19 heavy (non-hydrogen) atoms. The van der Waals surface area contributed by atoms with Gasteiger partial charge in [-0.3, -0.25) is 0 Å². The lowest BCUT2D eigenvalue weighted by molar-refractivity contribution is 0.0690. The molecule has 2 rings (SSSR count). The third-order valence-corrected chi connectivity index (χ3v) is 2.70. The van der Waals surface area contributed by atoms with Crippen molar-refractivity contribution in [3.05, 3.63) is 35.5 Å². The third-order valence-electron chi connectivity index (χ3n) is 2.70. The van der Waals surface area contributed by atoms with Crippen LogP contribution in [0.2, 0.25) is 0 Å². The van der Waals surface area contributed by atoms with Crippen molar-refractivity contribution in [3.63, 3.8) is 0 Å². The first kappa shape index (κ1) is 13.2. The Balaban J connectivity index is 2.47. The maximum atomic E-state index is 10.8. The Hall–Kier alpha value is -2.24. The van der Waals surface area contributed by atoms with Crippen LogP contribution < -0.4 is 0 Å². The summed E-state index contributed by atoms with van der Waals surface area (Å²) in [4.78, 5) is 19.7. The fraction of sp³-hybridized carbons (Fsp3) is 0.385. The van der Waals surface area contributed by atoms with E-state index < -0.39 is 5.97 Å². The monoisotopic (exact) mass is 260 g/mol. The Morgan fingerprint density at radius 2 is 2.16 bits per heavy atom. The van der Waals surface area contributed by atoms with Crippen LogP contribution in [0.3, 0.4) is 0 Å². The van der Waals surface area contributed by atoms with Gasteiger partial charge in [0.1, 0.15) is 5.82 Å². The van der Waals surface area contributed by atoms with E-state index in [4.69, 9.17) is 5.11 Å². The number of carboxylic acids is 1. The Morgan fingerprint density at radius 1 is 1.42 bits per heavy atom. The Morgan fingerprint density at radius 3 is 2.68 bits per heavy atom. The molecular weight excluding hydrogens is 244 g/mol. The number of carbonyl (C=O) groups is 1. The smallest absolute Gasteiger partial charge is 0.356 e. The van der Waals surface area contributed by atoms with Crippen LogP contribution in [-0.4, -0.2) is 30.8 Å². The fourth-order valence-corrected chi connectivity index (χ4v) is 1.63. The van der Waals surface area contributed by atoms with Gasteiger partial charge in [0.2, 0.25) is 0 Å². The first-order valence-electron chi connectivity index (χ1n) is 6.18. The molecule has 2 aromatic heterocycles. The van der Waals surface area contributed by atoms with Crippen molar-refractivity contribution < 1.29 is 9.90 Å². The SMILES string of the molecule is CCc1cc(-n2ccc(C(=O)O)n2)nc(C(C)C)n1. The van der Waals surface area contributed by atoms with Gasteiger partial charge in [-0.15, -0.1) is 0 Å². The Labute approximate surface area is 111 Å². The van der Waals surface area contributed by atoms with Gasteiger partial charge in [-0.05, 0) is 12.5 Å². The summed E-state index contributed by atoms with van der Waals surface area (Å²) in [5.74, 6) is 0.497. The van der Waals surface area contributed by atoms with Crippen molar-refractivity contribution in [3.8, 4) is 5.82 Å². The standard InChI is InChI=1S/C13H16N4O2/c1-4-9-7-11(15-12(14-9)8(2)3)17-6-5-10(16-17)13(18)19/h5-8H,4H2,1-3H3,(H,18,19). The molecule has 0 saturated heterocycles.